The summed E-state index contributed by atoms with van der Waals surface area (Å²) < 4.78 is 10.8. The summed E-state index contributed by atoms with van der Waals surface area (Å²) in [5.74, 6) is 1.25. The smallest absolute Gasteiger partial charge is 0.162 e. The molecule has 0 spiro atoms. The molecule has 4 heteroatoms. The minimum absolute atomic E-state index is 0.190. The summed E-state index contributed by atoms with van der Waals surface area (Å²) in [6, 6.07) is 11.8. The first-order valence-electron chi connectivity index (χ1n) is 5.77. The fourth-order valence-electron chi connectivity index (χ4n) is 1.69. The standard InChI is InChI=1S/C15H14O4/c1-18-14-6-5-11(9-16)8-15(14)19-10-12-3-2-4-13(17)7-12/h2-9,17H,10H2,1H3. The van der Waals surface area contributed by atoms with E-state index in [9.17, 15) is 9.90 Å². The number of phenols is 1. The zero-order chi connectivity index (χ0) is 13.7. The average molecular weight is 258 g/mol. The molecule has 0 bridgehead atoms. The van der Waals surface area contributed by atoms with E-state index in [1.54, 1.807) is 36.4 Å². The number of phenolic OH excluding ortho intramolecular Hbond substituents is 1. The summed E-state index contributed by atoms with van der Waals surface area (Å²) >= 11 is 0. The molecule has 0 unspecified atom stereocenters. The van der Waals surface area contributed by atoms with Gasteiger partial charge in [-0.05, 0) is 35.9 Å². The third-order valence-electron chi connectivity index (χ3n) is 2.63. The van der Waals surface area contributed by atoms with Crippen LogP contribution in [-0.4, -0.2) is 18.5 Å². The van der Waals surface area contributed by atoms with E-state index >= 15 is 0 Å². The van der Waals surface area contributed by atoms with Gasteiger partial charge < -0.3 is 14.6 Å². The van der Waals surface area contributed by atoms with Crippen LogP contribution >= 0.6 is 0 Å². The fraction of sp³-hybridized carbons (Fsp3) is 0.133. The van der Waals surface area contributed by atoms with Crippen LogP contribution in [0.25, 0.3) is 0 Å². The number of hydrogen-bond donors (Lipinski definition) is 1. The minimum atomic E-state index is 0.190. The molecule has 0 saturated heterocycles. The second kappa shape index (κ2) is 5.91. The van der Waals surface area contributed by atoms with E-state index in [1.807, 2.05) is 6.07 Å². The molecule has 0 saturated carbocycles. The van der Waals surface area contributed by atoms with Gasteiger partial charge in [0.15, 0.2) is 11.5 Å². The molecule has 2 rings (SSSR count). The van der Waals surface area contributed by atoms with Gasteiger partial charge in [0.1, 0.15) is 18.6 Å². The highest BCUT2D eigenvalue weighted by Gasteiger charge is 2.06. The molecule has 19 heavy (non-hydrogen) atoms. The molecule has 2 aromatic carbocycles. The number of benzene rings is 2. The molecule has 0 aliphatic carbocycles. The number of rotatable bonds is 5. The number of aromatic hydroxyl groups is 1. The van der Waals surface area contributed by atoms with Crippen LogP contribution in [0.3, 0.4) is 0 Å². The Morgan fingerprint density at radius 1 is 1.16 bits per heavy atom. The van der Waals surface area contributed by atoms with Crippen LogP contribution in [0.1, 0.15) is 15.9 Å². The summed E-state index contributed by atoms with van der Waals surface area (Å²) in [6.45, 7) is 0.285. The van der Waals surface area contributed by atoms with Crippen LogP contribution in [0, 0.1) is 0 Å². The lowest BCUT2D eigenvalue weighted by molar-refractivity contribution is 0.112. The van der Waals surface area contributed by atoms with Gasteiger partial charge in [-0.15, -0.1) is 0 Å². The lowest BCUT2D eigenvalue weighted by atomic mass is 10.2. The predicted molar refractivity (Wildman–Crippen MR) is 70.8 cm³/mol. The maximum atomic E-state index is 10.7. The molecule has 0 aliphatic heterocycles. The summed E-state index contributed by atoms with van der Waals surface area (Å²) in [6.07, 6.45) is 0.751. The van der Waals surface area contributed by atoms with E-state index in [-0.39, 0.29) is 12.4 Å². The number of carbonyl (C=O) groups excluding carboxylic acids is 1. The predicted octanol–water partition coefficient (Wildman–Crippen LogP) is 2.79. The first kappa shape index (κ1) is 13.0. The van der Waals surface area contributed by atoms with Crippen molar-refractivity contribution in [2.75, 3.05) is 7.11 Å². The van der Waals surface area contributed by atoms with E-state index < -0.39 is 0 Å². The third kappa shape index (κ3) is 3.25. The van der Waals surface area contributed by atoms with Gasteiger partial charge in [0.25, 0.3) is 0 Å². The van der Waals surface area contributed by atoms with Gasteiger partial charge in [0.05, 0.1) is 7.11 Å². The molecule has 0 radical (unpaired) electrons. The molecule has 0 aliphatic rings. The number of aldehydes is 1. The molecule has 0 aromatic heterocycles. The van der Waals surface area contributed by atoms with Gasteiger partial charge >= 0.3 is 0 Å². The number of methoxy groups -OCH3 is 1. The van der Waals surface area contributed by atoms with Gasteiger partial charge in [-0.1, -0.05) is 12.1 Å². The maximum Gasteiger partial charge on any atom is 0.162 e. The highest BCUT2D eigenvalue weighted by molar-refractivity contribution is 5.76. The molecule has 4 nitrogen and oxygen atoms in total. The van der Waals surface area contributed by atoms with Crippen LogP contribution in [0.15, 0.2) is 42.5 Å². The van der Waals surface area contributed by atoms with Crippen molar-refractivity contribution in [1.82, 2.24) is 0 Å². The van der Waals surface area contributed by atoms with Crippen molar-refractivity contribution in [2.24, 2.45) is 0 Å². The van der Waals surface area contributed by atoms with Crippen LogP contribution in [0.2, 0.25) is 0 Å². The van der Waals surface area contributed by atoms with Crippen LogP contribution in [0.5, 0.6) is 17.2 Å². The molecular formula is C15H14O4. The first-order valence-corrected chi connectivity index (χ1v) is 5.77. The second-order valence-electron chi connectivity index (χ2n) is 3.99. The molecule has 0 fully saturated rings. The molecule has 0 atom stereocenters. The first-order chi connectivity index (χ1) is 9.22. The van der Waals surface area contributed by atoms with E-state index in [1.165, 1.54) is 7.11 Å². The van der Waals surface area contributed by atoms with Crippen molar-refractivity contribution in [3.63, 3.8) is 0 Å². The fourth-order valence-corrected chi connectivity index (χ4v) is 1.69. The lowest BCUT2D eigenvalue weighted by Gasteiger charge is -2.11. The lowest BCUT2D eigenvalue weighted by Crippen LogP contribution is -1.98. The van der Waals surface area contributed by atoms with Gasteiger partial charge in [0, 0.05) is 5.56 Å². The Kier molecular flexibility index (Phi) is 4.03. The summed E-state index contributed by atoms with van der Waals surface area (Å²) in [5, 5.41) is 9.37. The topological polar surface area (TPSA) is 55.8 Å². The Balaban J connectivity index is 2.16. The van der Waals surface area contributed by atoms with Gasteiger partial charge in [-0.2, -0.15) is 0 Å². The normalized spacial score (nSPS) is 9.95. The Hall–Kier alpha value is -2.49. The van der Waals surface area contributed by atoms with Crippen molar-refractivity contribution in [3.05, 3.63) is 53.6 Å². The molecule has 0 amide bonds. The minimum Gasteiger partial charge on any atom is -0.508 e. The number of carbonyl (C=O) groups is 1. The molecule has 1 N–H and O–H groups in total. The van der Waals surface area contributed by atoms with E-state index in [2.05, 4.69) is 0 Å². The van der Waals surface area contributed by atoms with Gasteiger partial charge in [-0.25, -0.2) is 0 Å². The SMILES string of the molecule is COc1ccc(C=O)cc1OCc1cccc(O)c1. The van der Waals surface area contributed by atoms with Crippen molar-refractivity contribution >= 4 is 6.29 Å². The van der Waals surface area contributed by atoms with Crippen molar-refractivity contribution < 1.29 is 19.4 Å². The highest BCUT2D eigenvalue weighted by atomic mass is 16.5. The van der Waals surface area contributed by atoms with E-state index in [0.717, 1.165) is 11.8 Å². The van der Waals surface area contributed by atoms with Crippen LogP contribution in [0.4, 0.5) is 0 Å². The Morgan fingerprint density at radius 2 is 2.00 bits per heavy atom. The van der Waals surface area contributed by atoms with Gasteiger partial charge in [-0.3, -0.25) is 4.79 Å². The van der Waals surface area contributed by atoms with Crippen molar-refractivity contribution in [3.8, 4) is 17.2 Å². The zero-order valence-corrected chi connectivity index (χ0v) is 10.5. The largest absolute Gasteiger partial charge is 0.508 e. The Labute approximate surface area is 111 Å². The summed E-state index contributed by atoms with van der Waals surface area (Å²) in [5.41, 5.74) is 1.35. The zero-order valence-electron chi connectivity index (χ0n) is 10.5. The Bertz CT molecular complexity index is 578. The van der Waals surface area contributed by atoms with E-state index in [0.29, 0.717) is 17.1 Å². The van der Waals surface area contributed by atoms with Crippen LogP contribution < -0.4 is 9.47 Å². The quantitative estimate of drug-likeness (QED) is 0.838. The maximum absolute atomic E-state index is 10.7. The average Bonchev–Trinajstić information content (AvgIpc) is 2.45. The second-order valence-corrected chi connectivity index (χ2v) is 3.99. The summed E-state index contributed by atoms with van der Waals surface area (Å²) in [4.78, 5) is 10.7. The highest BCUT2D eigenvalue weighted by Crippen LogP contribution is 2.28. The number of hydrogen-bond acceptors (Lipinski definition) is 4. The Morgan fingerprint density at radius 3 is 2.68 bits per heavy atom. The third-order valence-corrected chi connectivity index (χ3v) is 2.63. The molecule has 0 heterocycles. The van der Waals surface area contributed by atoms with Crippen LogP contribution in [-0.2, 0) is 6.61 Å². The summed E-state index contributed by atoms with van der Waals surface area (Å²) in [7, 11) is 1.54. The van der Waals surface area contributed by atoms with E-state index in [4.69, 9.17) is 9.47 Å². The monoisotopic (exact) mass is 258 g/mol. The van der Waals surface area contributed by atoms with Gasteiger partial charge in [0.2, 0.25) is 0 Å². The van der Waals surface area contributed by atoms with Crippen molar-refractivity contribution in [2.45, 2.75) is 6.61 Å². The molecule has 98 valence electrons. The molecular weight excluding hydrogens is 244 g/mol. The van der Waals surface area contributed by atoms with Crippen molar-refractivity contribution in [1.29, 1.82) is 0 Å². The molecule has 2 aromatic rings. The number of ether oxygens (including phenoxy) is 2.